The first-order valence-corrected chi connectivity index (χ1v) is 7.53. The first-order chi connectivity index (χ1) is 8.15. The molecule has 0 radical (unpaired) electrons. The first-order valence-electron chi connectivity index (χ1n) is 5.93. The third-order valence-electron chi connectivity index (χ3n) is 3.02. The molecule has 2 heterocycles. The Morgan fingerprint density at radius 2 is 2.41 bits per heavy atom. The quantitative estimate of drug-likeness (QED) is 0.927. The Balaban J connectivity index is 1.70. The van der Waals surface area contributed by atoms with Crippen LogP contribution in [0, 0.1) is 0 Å². The van der Waals surface area contributed by atoms with E-state index < -0.39 is 0 Å². The van der Waals surface area contributed by atoms with Crippen molar-refractivity contribution in [2.75, 3.05) is 13.1 Å². The van der Waals surface area contributed by atoms with E-state index in [1.807, 2.05) is 4.90 Å². The lowest BCUT2D eigenvalue weighted by Gasteiger charge is -2.15. The van der Waals surface area contributed by atoms with Crippen LogP contribution in [0.3, 0.4) is 0 Å². The smallest absolute Gasteiger partial charge is 0.222 e. The van der Waals surface area contributed by atoms with Gasteiger partial charge in [0.05, 0.1) is 3.79 Å². The molecule has 0 aromatic carbocycles. The highest BCUT2D eigenvalue weighted by Crippen LogP contribution is 2.23. The maximum Gasteiger partial charge on any atom is 0.222 e. The minimum atomic E-state index is 0.187. The van der Waals surface area contributed by atoms with E-state index in [0.717, 1.165) is 36.1 Å². The molecular weight excluding hydrogens is 300 g/mol. The number of nitrogens with two attached hydrogens (primary N) is 1. The van der Waals surface area contributed by atoms with Crippen LogP contribution in [0.5, 0.6) is 0 Å². The molecule has 0 bridgehead atoms. The summed E-state index contributed by atoms with van der Waals surface area (Å²) in [5, 5.41) is 0. The number of halogens is 1. The number of carbonyl (C=O) groups is 1. The summed E-state index contributed by atoms with van der Waals surface area (Å²) in [4.78, 5) is 15.1. The number of nitrogens with zero attached hydrogens (tertiary/aromatic N) is 1. The Morgan fingerprint density at radius 1 is 1.59 bits per heavy atom. The molecule has 0 unspecified atom stereocenters. The highest BCUT2D eigenvalue weighted by Gasteiger charge is 2.22. The highest BCUT2D eigenvalue weighted by atomic mass is 79.9. The van der Waals surface area contributed by atoms with Gasteiger partial charge in [-0.3, -0.25) is 4.79 Å². The van der Waals surface area contributed by atoms with E-state index in [1.165, 1.54) is 4.88 Å². The lowest BCUT2D eigenvalue weighted by molar-refractivity contribution is -0.130. The van der Waals surface area contributed by atoms with Crippen molar-refractivity contribution in [1.29, 1.82) is 0 Å². The third kappa shape index (κ3) is 3.79. The van der Waals surface area contributed by atoms with E-state index in [2.05, 4.69) is 28.1 Å². The SMILES string of the molecule is N[C@@H]1CCN(C(=O)CCCc2ccc(Br)s2)C1. The van der Waals surface area contributed by atoms with Crippen LogP contribution in [0.4, 0.5) is 0 Å². The summed E-state index contributed by atoms with van der Waals surface area (Å²) in [6, 6.07) is 4.36. The summed E-state index contributed by atoms with van der Waals surface area (Å²) in [7, 11) is 0. The lowest BCUT2D eigenvalue weighted by atomic mass is 10.2. The van der Waals surface area contributed by atoms with Crippen LogP contribution in [-0.4, -0.2) is 29.9 Å². The van der Waals surface area contributed by atoms with Crippen molar-refractivity contribution in [2.24, 2.45) is 5.73 Å². The predicted molar refractivity (Wildman–Crippen MR) is 74.1 cm³/mol. The number of hydrogen-bond acceptors (Lipinski definition) is 3. The van der Waals surface area contributed by atoms with E-state index in [9.17, 15) is 4.79 Å². The van der Waals surface area contributed by atoms with Crippen LogP contribution < -0.4 is 5.73 Å². The van der Waals surface area contributed by atoms with Crippen molar-refractivity contribution in [3.8, 4) is 0 Å². The summed E-state index contributed by atoms with van der Waals surface area (Å²) < 4.78 is 1.16. The molecule has 1 amide bonds. The maximum atomic E-state index is 11.9. The zero-order chi connectivity index (χ0) is 12.3. The number of hydrogen-bond donors (Lipinski definition) is 1. The number of amides is 1. The second-order valence-electron chi connectivity index (χ2n) is 4.45. The molecule has 5 heteroatoms. The third-order valence-corrected chi connectivity index (χ3v) is 4.70. The van der Waals surface area contributed by atoms with Crippen molar-refractivity contribution in [3.63, 3.8) is 0 Å². The van der Waals surface area contributed by atoms with E-state index >= 15 is 0 Å². The molecule has 17 heavy (non-hydrogen) atoms. The van der Waals surface area contributed by atoms with E-state index in [-0.39, 0.29) is 11.9 Å². The van der Waals surface area contributed by atoms with Gasteiger partial charge in [-0.2, -0.15) is 0 Å². The minimum Gasteiger partial charge on any atom is -0.341 e. The number of carbonyl (C=O) groups excluding carboxylic acids is 1. The average molecular weight is 317 g/mol. The normalized spacial score (nSPS) is 19.9. The summed E-state index contributed by atoms with van der Waals surface area (Å²) >= 11 is 5.19. The molecule has 94 valence electrons. The molecule has 2 rings (SSSR count). The van der Waals surface area contributed by atoms with Gasteiger partial charge in [0, 0.05) is 30.4 Å². The van der Waals surface area contributed by atoms with Gasteiger partial charge in [0.2, 0.25) is 5.91 Å². The van der Waals surface area contributed by atoms with Crippen LogP contribution in [0.25, 0.3) is 0 Å². The van der Waals surface area contributed by atoms with Crippen LogP contribution in [0.1, 0.15) is 24.1 Å². The van der Waals surface area contributed by atoms with E-state index in [0.29, 0.717) is 6.42 Å². The predicted octanol–water partition coefficient (Wildman–Crippen LogP) is 2.39. The molecule has 1 saturated heterocycles. The van der Waals surface area contributed by atoms with Crippen molar-refractivity contribution in [3.05, 3.63) is 20.8 Å². The average Bonchev–Trinajstić information content (AvgIpc) is 2.88. The standard InChI is InChI=1S/C12H17BrN2OS/c13-11-5-4-10(17-11)2-1-3-12(16)15-7-6-9(14)8-15/h4-5,9H,1-3,6-8,14H2/t9-/m1/s1. The number of rotatable bonds is 4. The Morgan fingerprint density at radius 3 is 3.00 bits per heavy atom. The summed E-state index contributed by atoms with van der Waals surface area (Å²) in [6.45, 7) is 1.58. The zero-order valence-electron chi connectivity index (χ0n) is 9.69. The van der Waals surface area contributed by atoms with Gasteiger partial charge in [0.1, 0.15) is 0 Å². The van der Waals surface area contributed by atoms with Crippen LogP contribution in [-0.2, 0) is 11.2 Å². The van der Waals surface area contributed by atoms with E-state index in [4.69, 9.17) is 5.73 Å². The van der Waals surface area contributed by atoms with Crippen molar-refractivity contribution >= 4 is 33.2 Å². The zero-order valence-corrected chi connectivity index (χ0v) is 12.1. The Labute approximate surface area is 114 Å². The minimum absolute atomic E-state index is 0.187. The molecule has 2 N–H and O–H groups in total. The lowest BCUT2D eigenvalue weighted by Crippen LogP contribution is -2.31. The second kappa shape index (κ2) is 5.98. The summed E-state index contributed by atoms with van der Waals surface area (Å²) in [5.74, 6) is 0.258. The van der Waals surface area contributed by atoms with Crippen LogP contribution in [0.2, 0.25) is 0 Å². The van der Waals surface area contributed by atoms with Gasteiger partial charge in [-0.15, -0.1) is 11.3 Å². The molecule has 0 aliphatic carbocycles. The van der Waals surface area contributed by atoms with Crippen molar-refractivity contribution in [2.45, 2.75) is 31.7 Å². The van der Waals surface area contributed by atoms with Gasteiger partial charge in [0.15, 0.2) is 0 Å². The fourth-order valence-corrected chi connectivity index (χ4v) is 3.60. The topological polar surface area (TPSA) is 46.3 Å². The summed E-state index contributed by atoms with van der Waals surface area (Å²) in [6.07, 6.45) is 3.51. The van der Waals surface area contributed by atoms with Gasteiger partial charge < -0.3 is 10.6 Å². The van der Waals surface area contributed by atoms with Crippen molar-refractivity contribution < 1.29 is 4.79 Å². The molecule has 1 atom stereocenters. The highest BCUT2D eigenvalue weighted by molar-refractivity contribution is 9.11. The van der Waals surface area contributed by atoms with Gasteiger partial charge in [-0.25, -0.2) is 0 Å². The molecule has 1 aliphatic heterocycles. The largest absolute Gasteiger partial charge is 0.341 e. The molecule has 1 fully saturated rings. The number of thiophene rings is 1. The second-order valence-corrected chi connectivity index (χ2v) is 7.00. The van der Waals surface area contributed by atoms with Gasteiger partial charge in [-0.05, 0) is 47.3 Å². The van der Waals surface area contributed by atoms with Crippen molar-refractivity contribution in [1.82, 2.24) is 4.90 Å². The fourth-order valence-electron chi connectivity index (χ4n) is 2.07. The molecule has 3 nitrogen and oxygen atoms in total. The van der Waals surface area contributed by atoms with Crippen LogP contribution >= 0.6 is 27.3 Å². The van der Waals surface area contributed by atoms with E-state index in [1.54, 1.807) is 11.3 Å². The molecule has 1 aromatic heterocycles. The Bertz CT molecular complexity index is 394. The first kappa shape index (κ1) is 13.1. The monoisotopic (exact) mass is 316 g/mol. The number of aryl methyl sites for hydroxylation is 1. The van der Waals surface area contributed by atoms with Gasteiger partial charge in [-0.1, -0.05) is 0 Å². The van der Waals surface area contributed by atoms with Crippen LogP contribution in [0.15, 0.2) is 15.9 Å². The summed E-state index contributed by atoms with van der Waals surface area (Å²) in [5.41, 5.74) is 5.79. The fraction of sp³-hybridized carbons (Fsp3) is 0.583. The molecular formula is C12H17BrN2OS. The molecule has 1 aromatic rings. The maximum absolute atomic E-state index is 11.9. The van der Waals surface area contributed by atoms with Gasteiger partial charge >= 0.3 is 0 Å². The molecule has 1 aliphatic rings. The van der Waals surface area contributed by atoms with Gasteiger partial charge in [0.25, 0.3) is 0 Å². The molecule has 0 saturated carbocycles. The molecule has 0 spiro atoms. The number of likely N-dealkylation sites (tertiary alicyclic amines) is 1. The Kier molecular flexibility index (Phi) is 4.59. The Hall–Kier alpha value is -0.390.